The van der Waals surface area contributed by atoms with E-state index in [9.17, 15) is 9.90 Å². The molecule has 0 bridgehead atoms. The SMILES string of the molecule is CCC(NC(=O)NCC(O)C(CC)CC)c1cccs1. The highest BCUT2D eigenvalue weighted by Crippen LogP contribution is 2.21. The zero-order valence-corrected chi connectivity index (χ0v) is 13.4. The molecule has 1 aromatic rings. The van der Waals surface area contributed by atoms with Crippen LogP contribution >= 0.6 is 11.3 Å². The molecule has 1 rings (SSSR count). The quantitative estimate of drug-likeness (QED) is 0.689. The van der Waals surface area contributed by atoms with Crippen molar-refractivity contribution in [2.24, 2.45) is 5.92 Å². The van der Waals surface area contributed by atoms with Gasteiger partial charge in [0.25, 0.3) is 0 Å². The Bertz CT molecular complexity index is 377. The highest BCUT2D eigenvalue weighted by Gasteiger charge is 2.18. The standard InChI is InChI=1S/C15H26N2O2S/c1-4-11(5-2)13(18)10-16-15(19)17-12(6-3)14-8-7-9-20-14/h7-9,11-13,18H,4-6,10H2,1-3H3,(H2,16,17,19). The summed E-state index contributed by atoms with van der Waals surface area (Å²) in [5.74, 6) is 0.245. The van der Waals surface area contributed by atoms with Gasteiger partial charge in [0.05, 0.1) is 12.1 Å². The van der Waals surface area contributed by atoms with E-state index < -0.39 is 6.10 Å². The second kappa shape index (κ2) is 8.97. The second-order valence-corrected chi connectivity index (χ2v) is 5.95. The van der Waals surface area contributed by atoms with Gasteiger partial charge in [-0.25, -0.2) is 4.79 Å². The maximum Gasteiger partial charge on any atom is 0.315 e. The Labute approximate surface area is 125 Å². The van der Waals surface area contributed by atoms with E-state index in [-0.39, 0.29) is 18.0 Å². The number of nitrogens with one attached hydrogen (secondary N) is 2. The van der Waals surface area contributed by atoms with Gasteiger partial charge in [-0.3, -0.25) is 0 Å². The minimum absolute atomic E-state index is 0.0419. The Morgan fingerprint density at radius 3 is 2.50 bits per heavy atom. The summed E-state index contributed by atoms with van der Waals surface area (Å²) in [6, 6.07) is 3.84. The topological polar surface area (TPSA) is 61.4 Å². The average Bonchev–Trinajstić information content (AvgIpc) is 2.97. The largest absolute Gasteiger partial charge is 0.391 e. The smallest absolute Gasteiger partial charge is 0.315 e. The molecule has 1 heterocycles. The van der Waals surface area contributed by atoms with E-state index in [0.29, 0.717) is 6.54 Å². The molecule has 0 spiro atoms. The van der Waals surface area contributed by atoms with Gasteiger partial charge < -0.3 is 15.7 Å². The van der Waals surface area contributed by atoms with Crippen molar-refractivity contribution in [3.8, 4) is 0 Å². The van der Waals surface area contributed by atoms with Gasteiger partial charge in [-0.1, -0.05) is 39.7 Å². The molecule has 2 unspecified atom stereocenters. The van der Waals surface area contributed by atoms with E-state index >= 15 is 0 Å². The fourth-order valence-corrected chi connectivity index (χ4v) is 3.13. The molecule has 0 saturated heterocycles. The molecule has 0 fully saturated rings. The summed E-state index contributed by atoms with van der Waals surface area (Å²) in [6.45, 7) is 6.46. The van der Waals surface area contributed by atoms with E-state index in [1.807, 2.05) is 24.4 Å². The van der Waals surface area contributed by atoms with Crippen LogP contribution in [0.2, 0.25) is 0 Å². The van der Waals surface area contributed by atoms with E-state index in [1.165, 1.54) is 0 Å². The number of urea groups is 1. The van der Waals surface area contributed by atoms with Crippen LogP contribution in [0, 0.1) is 5.92 Å². The van der Waals surface area contributed by atoms with Crippen molar-refractivity contribution in [3.05, 3.63) is 22.4 Å². The first-order valence-corrected chi connectivity index (χ1v) is 8.26. The number of aliphatic hydroxyl groups is 1. The lowest BCUT2D eigenvalue weighted by molar-refractivity contribution is 0.103. The summed E-state index contributed by atoms with van der Waals surface area (Å²) in [4.78, 5) is 13.0. The summed E-state index contributed by atoms with van der Waals surface area (Å²) in [5.41, 5.74) is 0. The van der Waals surface area contributed by atoms with Crippen molar-refractivity contribution < 1.29 is 9.90 Å². The normalized spacial score (nSPS) is 14.1. The van der Waals surface area contributed by atoms with Gasteiger partial charge in [-0.05, 0) is 23.8 Å². The Hall–Kier alpha value is -1.07. The van der Waals surface area contributed by atoms with Crippen LogP contribution in [-0.4, -0.2) is 23.8 Å². The summed E-state index contributed by atoms with van der Waals surface area (Å²) in [7, 11) is 0. The van der Waals surface area contributed by atoms with Gasteiger partial charge in [0.2, 0.25) is 0 Å². The lowest BCUT2D eigenvalue weighted by atomic mass is 9.97. The molecule has 0 aromatic carbocycles. The highest BCUT2D eigenvalue weighted by molar-refractivity contribution is 7.10. The third-order valence-corrected chi connectivity index (χ3v) is 4.65. The van der Waals surface area contributed by atoms with Gasteiger partial charge in [0.15, 0.2) is 0 Å². The average molecular weight is 298 g/mol. The van der Waals surface area contributed by atoms with Crippen molar-refractivity contribution in [2.45, 2.75) is 52.2 Å². The number of rotatable bonds is 8. The maximum atomic E-state index is 11.9. The predicted molar refractivity (Wildman–Crippen MR) is 84.0 cm³/mol. The van der Waals surface area contributed by atoms with Crippen LogP contribution < -0.4 is 10.6 Å². The molecule has 114 valence electrons. The van der Waals surface area contributed by atoms with Crippen LogP contribution in [0.5, 0.6) is 0 Å². The third-order valence-electron chi connectivity index (χ3n) is 3.66. The number of thiophene rings is 1. The third kappa shape index (κ3) is 5.13. The van der Waals surface area contributed by atoms with Crippen LogP contribution in [-0.2, 0) is 0 Å². The van der Waals surface area contributed by atoms with Crippen LogP contribution in [0.1, 0.15) is 51.0 Å². The molecule has 0 radical (unpaired) electrons. The maximum absolute atomic E-state index is 11.9. The van der Waals surface area contributed by atoms with E-state index in [2.05, 4.69) is 24.5 Å². The Kier molecular flexibility index (Phi) is 7.62. The first-order chi connectivity index (χ1) is 9.62. The molecule has 0 saturated carbocycles. The van der Waals surface area contributed by atoms with Gasteiger partial charge in [-0.15, -0.1) is 11.3 Å². The number of aliphatic hydroxyl groups excluding tert-OH is 1. The monoisotopic (exact) mass is 298 g/mol. The van der Waals surface area contributed by atoms with Crippen molar-refractivity contribution in [3.63, 3.8) is 0 Å². The molecule has 2 amide bonds. The minimum Gasteiger partial charge on any atom is -0.391 e. The van der Waals surface area contributed by atoms with Crippen molar-refractivity contribution >= 4 is 17.4 Å². The molecule has 3 N–H and O–H groups in total. The zero-order chi connectivity index (χ0) is 15.0. The summed E-state index contributed by atoms with van der Waals surface area (Å²) in [6.07, 6.45) is 2.22. The minimum atomic E-state index is -0.474. The lowest BCUT2D eigenvalue weighted by Crippen LogP contribution is -2.42. The zero-order valence-electron chi connectivity index (χ0n) is 12.6. The van der Waals surface area contributed by atoms with E-state index in [0.717, 1.165) is 24.1 Å². The fraction of sp³-hybridized carbons (Fsp3) is 0.667. The number of carbonyl (C=O) groups excluding carboxylic acids is 1. The van der Waals surface area contributed by atoms with Gasteiger partial charge in [0.1, 0.15) is 0 Å². The van der Waals surface area contributed by atoms with Gasteiger partial charge in [-0.2, -0.15) is 0 Å². The highest BCUT2D eigenvalue weighted by atomic mass is 32.1. The summed E-state index contributed by atoms with van der Waals surface area (Å²) < 4.78 is 0. The molecule has 0 aliphatic carbocycles. The first-order valence-electron chi connectivity index (χ1n) is 7.38. The number of hydrogen-bond acceptors (Lipinski definition) is 3. The molecule has 0 aliphatic rings. The van der Waals surface area contributed by atoms with Crippen LogP contribution in [0.4, 0.5) is 4.79 Å². The Balaban J connectivity index is 2.39. The van der Waals surface area contributed by atoms with Gasteiger partial charge >= 0.3 is 6.03 Å². The Morgan fingerprint density at radius 1 is 1.30 bits per heavy atom. The molecule has 1 aromatic heterocycles. The van der Waals surface area contributed by atoms with E-state index in [4.69, 9.17) is 0 Å². The van der Waals surface area contributed by atoms with Crippen LogP contribution in [0.15, 0.2) is 17.5 Å². The van der Waals surface area contributed by atoms with Gasteiger partial charge in [0, 0.05) is 11.4 Å². The number of hydrogen-bond donors (Lipinski definition) is 3. The summed E-state index contributed by atoms with van der Waals surface area (Å²) in [5, 5.41) is 17.7. The molecule has 5 heteroatoms. The number of carbonyl (C=O) groups is 1. The van der Waals surface area contributed by atoms with Crippen molar-refractivity contribution in [1.82, 2.24) is 10.6 Å². The molecule has 0 aliphatic heterocycles. The fourth-order valence-electron chi connectivity index (χ4n) is 2.27. The molecular weight excluding hydrogens is 272 g/mol. The summed E-state index contributed by atoms with van der Waals surface area (Å²) >= 11 is 1.64. The second-order valence-electron chi connectivity index (χ2n) is 4.97. The van der Waals surface area contributed by atoms with Crippen molar-refractivity contribution in [2.75, 3.05) is 6.54 Å². The number of amides is 2. The first kappa shape index (κ1) is 17.0. The van der Waals surface area contributed by atoms with E-state index in [1.54, 1.807) is 11.3 Å². The van der Waals surface area contributed by atoms with Crippen LogP contribution in [0.3, 0.4) is 0 Å². The Morgan fingerprint density at radius 2 is 2.00 bits per heavy atom. The lowest BCUT2D eigenvalue weighted by Gasteiger charge is -2.21. The molecule has 20 heavy (non-hydrogen) atoms. The van der Waals surface area contributed by atoms with Crippen molar-refractivity contribution in [1.29, 1.82) is 0 Å². The molecule has 4 nitrogen and oxygen atoms in total. The molecular formula is C15H26N2O2S. The predicted octanol–water partition coefficient (Wildman–Crippen LogP) is 3.30. The molecule has 2 atom stereocenters. The van der Waals surface area contributed by atoms with Crippen LogP contribution in [0.25, 0.3) is 0 Å².